The van der Waals surface area contributed by atoms with Crippen molar-refractivity contribution in [3.05, 3.63) is 77.6 Å². The van der Waals surface area contributed by atoms with Gasteiger partial charge in [-0.25, -0.2) is 5.43 Å². The van der Waals surface area contributed by atoms with Crippen molar-refractivity contribution >= 4 is 28.7 Å². The Kier molecular flexibility index (Phi) is 11.9. The summed E-state index contributed by atoms with van der Waals surface area (Å²) in [6.07, 6.45) is 7.88. The fraction of sp³-hybridized carbons (Fsp3) is 0.511. The van der Waals surface area contributed by atoms with Crippen molar-refractivity contribution in [2.24, 2.45) is 11.3 Å². The van der Waals surface area contributed by atoms with E-state index in [0.717, 1.165) is 82.3 Å². The topological polar surface area (TPSA) is 127 Å². The molecule has 4 aromatic rings. The number of nitrogens with zero attached hydrogens (tertiary/aromatic N) is 3. The van der Waals surface area contributed by atoms with E-state index in [2.05, 4.69) is 77.8 Å². The number of hydrogen-bond donors (Lipinski definition) is 3. The van der Waals surface area contributed by atoms with E-state index in [1.807, 2.05) is 38.4 Å². The molecular weight excluding hydrogens is 705 g/mol. The number of esters is 1. The van der Waals surface area contributed by atoms with Gasteiger partial charge in [0.1, 0.15) is 12.1 Å². The summed E-state index contributed by atoms with van der Waals surface area (Å²) in [5.41, 5.74) is 11.0. The van der Waals surface area contributed by atoms with Crippen LogP contribution in [0.25, 0.3) is 33.3 Å². The van der Waals surface area contributed by atoms with Crippen molar-refractivity contribution in [2.45, 2.75) is 110 Å². The second-order valence-electron chi connectivity index (χ2n) is 16.7. The number of hydrazine groups is 1. The molecule has 2 fully saturated rings. The number of likely N-dealkylation sites (N-methyl/N-ethyl adjacent to an activating group) is 1. The van der Waals surface area contributed by atoms with E-state index in [0.29, 0.717) is 32.2 Å². The van der Waals surface area contributed by atoms with Gasteiger partial charge in [-0.2, -0.15) is 0 Å². The Bertz CT molecular complexity index is 2070. The first-order valence-corrected chi connectivity index (χ1v) is 20.5. The van der Waals surface area contributed by atoms with Crippen LogP contribution in [0.1, 0.15) is 89.1 Å². The summed E-state index contributed by atoms with van der Waals surface area (Å²) < 4.78 is 14.3. The van der Waals surface area contributed by atoms with Crippen LogP contribution in [-0.4, -0.2) is 77.8 Å². The molecule has 4 atom stereocenters. The number of fused-ring (bicyclic) bond motifs is 6. The highest BCUT2D eigenvalue weighted by atomic mass is 16.5. The zero-order valence-electron chi connectivity index (χ0n) is 33.8. The highest BCUT2D eigenvalue weighted by Gasteiger charge is 2.37. The predicted molar refractivity (Wildman–Crippen MR) is 218 cm³/mol. The van der Waals surface area contributed by atoms with Crippen molar-refractivity contribution < 1.29 is 23.9 Å². The maximum absolute atomic E-state index is 14.4. The molecule has 6 bridgehead atoms. The maximum atomic E-state index is 14.4. The molecule has 3 aliphatic rings. The molecule has 0 spiro atoms. The molecular formula is C45H58N6O5. The highest BCUT2D eigenvalue weighted by Crippen LogP contribution is 2.42. The lowest BCUT2D eigenvalue weighted by Crippen LogP contribution is -2.61. The average Bonchev–Trinajstić information content (AvgIpc) is 3.85. The summed E-state index contributed by atoms with van der Waals surface area (Å²) in [7, 11) is 3.52. The van der Waals surface area contributed by atoms with Crippen LogP contribution < -0.4 is 16.1 Å². The van der Waals surface area contributed by atoms with Crippen LogP contribution in [0.15, 0.2) is 60.8 Å². The number of carbonyl (C=O) groups excluding carboxylic acids is 3. The third-order valence-electron chi connectivity index (χ3n) is 12.1. The average molecular weight is 763 g/mol. The number of pyridine rings is 1. The molecule has 4 heterocycles. The number of aryl methyl sites for hydroxylation is 1. The van der Waals surface area contributed by atoms with Crippen LogP contribution in [0.5, 0.6) is 0 Å². The number of cyclic esters (lactones) is 1. The molecule has 2 aliphatic heterocycles. The van der Waals surface area contributed by atoms with Crippen LogP contribution in [-0.2, 0) is 43.2 Å². The number of hydrogen-bond acceptors (Lipinski definition) is 8. The number of aromatic nitrogens is 2. The fourth-order valence-electron chi connectivity index (χ4n) is 9.12. The quantitative estimate of drug-likeness (QED) is 0.173. The Morgan fingerprint density at radius 2 is 1.84 bits per heavy atom. The lowest BCUT2D eigenvalue weighted by atomic mass is 9.84. The standard InChI is InChI=1S/C45H58N6O5/c1-7-50-38-20-19-32-25-34(38)35(41(50)33-17-11-21-47-39(33)28(2)55-6)26-45(3,4)27-56-44(54)36-18-12-22-51(49-36)43(53)37(24-29-13-10-16-31(32)23-29)48-42(52)40(46-5)30-14-8-9-15-30/h10-11,13,16-17,19-21,23,25,28,30,36-37,40,46,49H,7-9,12,14-15,18,22,24,26-27H2,1-6H3,(H,48,52)/t28-,36-,37-,40-/m0/s1. The molecule has 1 saturated carbocycles. The Hall–Kier alpha value is -4.58. The SMILES string of the molecule is CCn1c(-c2cccnc2[C@H](C)OC)c2c3cc(ccc31)-c1cccc(c1)C[C@H](NC(=O)[C@@H](NC)C1CCCC1)C(=O)N1CCC[C@H](N1)C(=O)OCC(C)(C)C2. The molecule has 0 unspecified atom stereocenters. The monoisotopic (exact) mass is 762 g/mol. The van der Waals surface area contributed by atoms with Gasteiger partial charge in [0, 0.05) is 54.7 Å². The molecule has 2 amide bonds. The van der Waals surface area contributed by atoms with Crippen LogP contribution in [0, 0.1) is 11.3 Å². The van der Waals surface area contributed by atoms with Crippen molar-refractivity contribution in [1.82, 2.24) is 30.6 Å². The van der Waals surface area contributed by atoms with Gasteiger partial charge in [-0.3, -0.25) is 24.4 Å². The number of carbonyl (C=O) groups is 3. The van der Waals surface area contributed by atoms with Crippen molar-refractivity contribution in [1.29, 1.82) is 0 Å². The summed E-state index contributed by atoms with van der Waals surface area (Å²) >= 11 is 0. The third-order valence-corrected chi connectivity index (χ3v) is 12.1. The van der Waals surface area contributed by atoms with Crippen LogP contribution in [0.4, 0.5) is 0 Å². The smallest absolute Gasteiger partial charge is 0.324 e. The van der Waals surface area contributed by atoms with Crippen molar-refractivity contribution in [3.8, 4) is 22.4 Å². The summed E-state index contributed by atoms with van der Waals surface area (Å²) in [4.78, 5) is 46.9. The molecule has 0 radical (unpaired) electrons. The molecule has 1 aliphatic carbocycles. The molecule has 2 aromatic heterocycles. The van der Waals surface area contributed by atoms with Crippen molar-refractivity contribution in [2.75, 3.05) is 27.3 Å². The molecule has 11 heteroatoms. The molecule has 7 rings (SSSR count). The van der Waals surface area contributed by atoms with E-state index in [1.54, 1.807) is 7.11 Å². The molecule has 1 saturated heterocycles. The lowest BCUT2D eigenvalue weighted by Gasteiger charge is -2.36. The molecule has 11 nitrogen and oxygen atoms in total. The first-order valence-electron chi connectivity index (χ1n) is 20.5. The number of ether oxygens (including phenoxy) is 2. The van der Waals surface area contributed by atoms with E-state index >= 15 is 0 Å². The Morgan fingerprint density at radius 1 is 1.05 bits per heavy atom. The first-order chi connectivity index (χ1) is 27.0. The van der Waals surface area contributed by atoms with Gasteiger partial charge in [-0.1, -0.05) is 57.0 Å². The Balaban J connectivity index is 1.35. The minimum atomic E-state index is -0.839. The Morgan fingerprint density at radius 3 is 2.59 bits per heavy atom. The van der Waals surface area contributed by atoms with E-state index in [1.165, 1.54) is 5.01 Å². The number of benzene rings is 2. The first kappa shape index (κ1) is 39.6. The zero-order chi connectivity index (χ0) is 39.6. The highest BCUT2D eigenvalue weighted by molar-refractivity contribution is 5.95. The third kappa shape index (κ3) is 8.12. The minimum Gasteiger partial charge on any atom is -0.464 e. The van der Waals surface area contributed by atoms with Crippen LogP contribution >= 0.6 is 0 Å². The summed E-state index contributed by atoms with van der Waals surface area (Å²) in [5, 5.41) is 9.04. The second kappa shape index (κ2) is 16.9. The molecule has 298 valence electrons. The van der Waals surface area contributed by atoms with Gasteiger partial charge >= 0.3 is 5.97 Å². The normalized spacial score (nSPS) is 21.7. The fourth-order valence-corrected chi connectivity index (χ4v) is 9.12. The van der Waals surface area contributed by atoms with Crippen LogP contribution in [0.3, 0.4) is 0 Å². The van der Waals surface area contributed by atoms with Gasteiger partial charge in [0.25, 0.3) is 5.91 Å². The van der Waals surface area contributed by atoms with Gasteiger partial charge in [-0.05, 0) is 105 Å². The van der Waals surface area contributed by atoms with Crippen LogP contribution in [0.2, 0.25) is 0 Å². The predicted octanol–water partition coefficient (Wildman–Crippen LogP) is 6.52. The molecule has 2 aromatic carbocycles. The summed E-state index contributed by atoms with van der Waals surface area (Å²) in [5.74, 6) is -0.591. The number of rotatable bonds is 8. The minimum absolute atomic E-state index is 0.169. The maximum Gasteiger partial charge on any atom is 0.324 e. The summed E-state index contributed by atoms with van der Waals surface area (Å²) in [6, 6.07) is 17.1. The van der Waals surface area contributed by atoms with E-state index in [9.17, 15) is 14.4 Å². The summed E-state index contributed by atoms with van der Waals surface area (Å²) in [6.45, 7) is 9.81. The van der Waals surface area contributed by atoms with Gasteiger partial charge in [0.15, 0.2) is 0 Å². The number of nitrogens with one attached hydrogen (secondary N) is 3. The van der Waals surface area contributed by atoms with Gasteiger partial charge in [0.2, 0.25) is 5.91 Å². The largest absolute Gasteiger partial charge is 0.464 e. The lowest BCUT2D eigenvalue weighted by molar-refractivity contribution is -0.155. The second-order valence-corrected chi connectivity index (χ2v) is 16.7. The number of amides is 2. The van der Waals surface area contributed by atoms with E-state index < -0.39 is 17.5 Å². The van der Waals surface area contributed by atoms with Crippen molar-refractivity contribution in [3.63, 3.8) is 0 Å². The van der Waals surface area contributed by atoms with Gasteiger partial charge in [-0.15, -0.1) is 0 Å². The van der Waals surface area contributed by atoms with Gasteiger partial charge < -0.3 is 24.7 Å². The number of methoxy groups -OCH3 is 1. The van der Waals surface area contributed by atoms with E-state index in [-0.39, 0.29) is 42.5 Å². The zero-order valence-corrected chi connectivity index (χ0v) is 33.8. The molecule has 56 heavy (non-hydrogen) atoms. The Labute approximate surface area is 330 Å². The van der Waals surface area contributed by atoms with E-state index in [4.69, 9.17) is 14.5 Å². The van der Waals surface area contributed by atoms with Gasteiger partial charge in [0.05, 0.1) is 30.1 Å². The molecule has 3 N–H and O–H groups in total.